The van der Waals surface area contributed by atoms with Crippen LogP contribution in [0.25, 0.3) is 11.1 Å². The highest BCUT2D eigenvalue weighted by molar-refractivity contribution is 5.79. The standard InChI is InChI=1S/C31H29NO2.C16H18O/c1-20-17-18-24(22(3)21(20)2)30(23-11-5-4-6-12-23)32-31(33)34-19-29-27-15-9-7-13-25(27)26-14-8-10-16-28(26)29;1-11-9-10-15(13(3)12(11)2)16(17)14-7-5-4-6-8-14/h4-18,29-30H,19H2,1-3H3,(H,32,33);4-10,16-17H,1-3H3. The number of hydrogen-bond acceptors (Lipinski definition) is 3. The molecule has 6 aromatic rings. The quantitative estimate of drug-likeness (QED) is 0.177. The molecule has 0 saturated carbocycles. The van der Waals surface area contributed by atoms with Crippen molar-refractivity contribution in [1.29, 1.82) is 0 Å². The number of rotatable bonds is 7. The summed E-state index contributed by atoms with van der Waals surface area (Å²) in [6, 6.07) is 44.7. The van der Waals surface area contributed by atoms with E-state index in [1.165, 1.54) is 55.6 Å². The molecule has 1 aliphatic carbocycles. The number of alkyl carbamates (subject to hydrolysis) is 1. The van der Waals surface area contributed by atoms with Crippen molar-refractivity contribution in [2.75, 3.05) is 6.61 Å². The molecule has 0 spiro atoms. The summed E-state index contributed by atoms with van der Waals surface area (Å²) in [6.45, 7) is 12.9. The minimum atomic E-state index is -0.532. The molecule has 2 N–H and O–H groups in total. The van der Waals surface area contributed by atoms with Crippen molar-refractivity contribution in [3.05, 3.63) is 200 Å². The number of aliphatic hydroxyl groups excluding tert-OH is 1. The second-order valence-electron chi connectivity index (χ2n) is 13.6. The van der Waals surface area contributed by atoms with E-state index in [9.17, 15) is 9.90 Å². The van der Waals surface area contributed by atoms with Gasteiger partial charge in [0, 0.05) is 5.92 Å². The van der Waals surface area contributed by atoms with Gasteiger partial charge in [-0.05, 0) is 119 Å². The normalized spacial score (nSPS) is 12.9. The lowest BCUT2D eigenvalue weighted by Gasteiger charge is -2.23. The lowest BCUT2D eigenvalue weighted by molar-refractivity contribution is 0.140. The van der Waals surface area contributed by atoms with E-state index in [4.69, 9.17) is 4.74 Å². The number of ether oxygens (including phenoxy) is 1. The van der Waals surface area contributed by atoms with Crippen LogP contribution in [0.4, 0.5) is 4.79 Å². The molecule has 51 heavy (non-hydrogen) atoms. The van der Waals surface area contributed by atoms with Crippen LogP contribution >= 0.6 is 0 Å². The molecule has 4 heteroatoms. The van der Waals surface area contributed by atoms with Crippen molar-refractivity contribution >= 4 is 6.09 Å². The Hall–Kier alpha value is -5.45. The van der Waals surface area contributed by atoms with E-state index in [1.54, 1.807) is 0 Å². The number of carbonyl (C=O) groups is 1. The van der Waals surface area contributed by atoms with Crippen molar-refractivity contribution in [3.63, 3.8) is 0 Å². The molecule has 7 rings (SSSR count). The third kappa shape index (κ3) is 7.52. The number of benzene rings is 6. The van der Waals surface area contributed by atoms with Crippen molar-refractivity contribution in [3.8, 4) is 11.1 Å². The maximum absolute atomic E-state index is 13.1. The minimum absolute atomic E-state index is 0.0386. The average molecular weight is 674 g/mol. The van der Waals surface area contributed by atoms with E-state index in [0.29, 0.717) is 6.61 Å². The summed E-state index contributed by atoms with van der Waals surface area (Å²) in [5.74, 6) is 0.0386. The van der Waals surface area contributed by atoms with Crippen LogP contribution in [0.15, 0.2) is 133 Å². The first kappa shape index (κ1) is 35.4. The Morgan fingerprint density at radius 2 is 1.02 bits per heavy atom. The van der Waals surface area contributed by atoms with Crippen molar-refractivity contribution in [1.82, 2.24) is 5.32 Å². The van der Waals surface area contributed by atoms with Crippen LogP contribution in [-0.4, -0.2) is 17.8 Å². The van der Waals surface area contributed by atoms with E-state index in [-0.39, 0.29) is 12.0 Å². The monoisotopic (exact) mass is 673 g/mol. The molecule has 0 aliphatic heterocycles. The number of hydrogen-bond donors (Lipinski definition) is 2. The third-order valence-electron chi connectivity index (χ3n) is 10.7. The van der Waals surface area contributed by atoms with Gasteiger partial charge in [-0.3, -0.25) is 0 Å². The zero-order valence-electron chi connectivity index (χ0n) is 30.4. The highest BCUT2D eigenvalue weighted by atomic mass is 16.5. The second kappa shape index (κ2) is 15.6. The Kier molecular flexibility index (Phi) is 10.8. The van der Waals surface area contributed by atoms with Gasteiger partial charge in [0.25, 0.3) is 0 Å². The largest absolute Gasteiger partial charge is 0.449 e. The number of aliphatic hydroxyl groups is 1. The van der Waals surface area contributed by atoms with Gasteiger partial charge >= 0.3 is 6.09 Å². The number of carbonyl (C=O) groups excluding carboxylic acids is 1. The summed E-state index contributed by atoms with van der Waals surface area (Å²) in [7, 11) is 0. The first-order chi connectivity index (χ1) is 24.7. The summed E-state index contributed by atoms with van der Waals surface area (Å²) in [5, 5.41) is 13.5. The molecule has 1 aliphatic rings. The molecule has 258 valence electrons. The summed E-state index contributed by atoms with van der Waals surface area (Å²) in [4.78, 5) is 13.1. The average Bonchev–Trinajstić information content (AvgIpc) is 3.49. The van der Waals surface area contributed by atoms with E-state index in [1.807, 2.05) is 78.9 Å². The summed E-state index contributed by atoms with van der Waals surface area (Å²) in [5.41, 5.74) is 16.3. The molecule has 0 heterocycles. The van der Waals surface area contributed by atoms with E-state index in [2.05, 4.69) is 101 Å². The Balaban J connectivity index is 0.000000221. The highest BCUT2D eigenvalue weighted by Crippen LogP contribution is 2.44. The van der Waals surface area contributed by atoms with E-state index >= 15 is 0 Å². The first-order valence-corrected chi connectivity index (χ1v) is 17.7. The molecule has 2 atom stereocenters. The van der Waals surface area contributed by atoms with Gasteiger partial charge in [0.15, 0.2) is 0 Å². The van der Waals surface area contributed by atoms with Crippen LogP contribution in [-0.2, 0) is 4.74 Å². The van der Waals surface area contributed by atoms with E-state index in [0.717, 1.165) is 22.3 Å². The van der Waals surface area contributed by atoms with Crippen molar-refractivity contribution in [2.24, 2.45) is 0 Å². The topological polar surface area (TPSA) is 58.6 Å². The molecule has 1 amide bonds. The lowest BCUT2D eigenvalue weighted by atomic mass is 9.91. The SMILES string of the molecule is Cc1ccc(C(NC(=O)OCC2c3ccccc3-c3ccccc32)c2ccccc2)c(C)c1C.Cc1ccc(C(O)c2ccccc2)c(C)c1C. The zero-order valence-corrected chi connectivity index (χ0v) is 30.4. The fourth-order valence-electron chi connectivity index (χ4n) is 7.12. The van der Waals surface area contributed by atoms with Gasteiger partial charge in [-0.25, -0.2) is 4.79 Å². The molecule has 0 saturated heterocycles. The maximum atomic E-state index is 13.1. The molecule has 0 fully saturated rings. The molecule has 4 nitrogen and oxygen atoms in total. The van der Waals surface area contributed by atoms with Crippen LogP contribution in [0.1, 0.15) is 84.8 Å². The summed E-state index contributed by atoms with van der Waals surface area (Å²) >= 11 is 0. The number of amides is 1. The molecule has 0 radical (unpaired) electrons. The van der Waals surface area contributed by atoms with Gasteiger partial charge in [0.1, 0.15) is 12.7 Å². The third-order valence-corrected chi connectivity index (χ3v) is 10.7. The fourth-order valence-corrected chi connectivity index (χ4v) is 7.12. The molecular formula is C47H47NO3. The van der Waals surface area contributed by atoms with Crippen LogP contribution in [0.2, 0.25) is 0 Å². The van der Waals surface area contributed by atoms with Crippen molar-refractivity contribution < 1.29 is 14.6 Å². The maximum Gasteiger partial charge on any atom is 0.407 e. The van der Waals surface area contributed by atoms with Gasteiger partial charge < -0.3 is 15.2 Å². The van der Waals surface area contributed by atoms with Gasteiger partial charge in [0.05, 0.1) is 6.04 Å². The molecule has 0 aromatic heterocycles. The van der Waals surface area contributed by atoms with Crippen LogP contribution < -0.4 is 5.32 Å². The number of nitrogens with one attached hydrogen (secondary N) is 1. The second-order valence-corrected chi connectivity index (χ2v) is 13.6. The van der Waals surface area contributed by atoms with Gasteiger partial charge in [0.2, 0.25) is 0 Å². The molecule has 6 aromatic carbocycles. The molecule has 0 bridgehead atoms. The Morgan fingerprint density at radius 3 is 1.57 bits per heavy atom. The van der Waals surface area contributed by atoms with Crippen LogP contribution in [0, 0.1) is 41.5 Å². The fraction of sp³-hybridized carbons (Fsp3) is 0.213. The smallest absolute Gasteiger partial charge is 0.407 e. The van der Waals surface area contributed by atoms with Gasteiger partial charge in [-0.1, -0.05) is 133 Å². The van der Waals surface area contributed by atoms with Gasteiger partial charge in [-0.15, -0.1) is 0 Å². The molecular weight excluding hydrogens is 627 g/mol. The number of aryl methyl sites for hydroxylation is 2. The van der Waals surface area contributed by atoms with E-state index < -0.39 is 12.2 Å². The molecule has 2 unspecified atom stereocenters. The lowest BCUT2D eigenvalue weighted by Crippen LogP contribution is -2.31. The predicted molar refractivity (Wildman–Crippen MR) is 208 cm³/mol. The van der Waals surface area contributed by atoms with Crippen molar-refractivity contribution in [2.45, 2.75) is 59.6 Å². The van der Waals surface area contributed by atoms with Gasteiger partial charge in [-0.2, -0.15) is 0 Å². The Bertz CT molecular complexity index is 2090. The minimum Gasteiger partial charge on any atom is -0.449 e. The zero-order chi connectivity index (χ0) is 36.1. The Morgan fingerprint density at radius 1 is 0.569 bits per heavy atom. The Labute approximate surface area is 302 Å². The summed E-state index contributed by atoms with van der Waals surface area (Å²) < 4.78 is 5.86. The first-order valence-electron chi connectivity index (χ1n) is 17.7. The number of fused-ring (bicyclic) bond motifs is 3. The highest BCUT2D eigenvalue weighted by Gasteiger charge is 2.29. The van der Waals surface area contributed by atoms with Crippen LogP contribution in [0.3, 0.4) is 0 Å². The predicted octanol–water partition coefficient (Wildman–Crippen LogP) is 10.9. The van der Waals surface area contributed by atoms with Crippen LogP contribution in [0.5, 0.6) is 0 Å². The summed E-state index contributed by atoms with van der Waals surface area (Å²) in [6.07, 6.45) is -0.941.